The van der Waals surface area contributed by atoms with Crippen molar-refractivity contribution in [2.75, 3.05) is 68.3 Å². The molecule has 1 aromatic carbocycles. The van der Waals surface area contributed by atoms with Crippen molar-refractivity contribution < 1.29 is 77.8 Å². The fourth-order valence-corrected chi connectivity index (χ4v) is 11.8. The van der Waals surface area contributed by atoms with E-state index in [1.54, 1.807) is 58.6 Å². The lowest BCUT2D eigenvalue weighted by molar-refractivity contribution is -0.320. The predicted molar refractivity (Wildman–Crippen MR) is 289 cm³/mol. The molecule has 0 aliphatic carbocycles. The van der Waals surface area contributed by atoms with Gasteiger partial charge in [-0.05, 0) is 119 Å². The number of aromatic nitrogens is 1. The number of nitrogens with zero attached hydrogens (tertiary/aromatic N) is 3. The van der Waals surface area contributed by atoms with E-state index in [9.17, 15) is 39.9 Å². The van der Waals surface area contributed by atoms with Crippen LogP contribution in [0.25, 0.3) is 17.0 Å². The van der Waals surface area contributed by atoms with Crippen LogP contribution in [0.3, 0.4) is 0 Å². The number of likely N-dealkylation sites (N-methyl/N-ethyl adjacent to an activating group) is 2. The Bertz CT molecular complexity index is 2310. The van der Waals surface area contributed by atoms with Crippen molar-refractivity contribution in [3.05, 3.63) is 51.8 Å². The zero-order valence-electron chi connectivity index (χ0n) is 48.4. The molecule has 20 heteroatoms. The first-order valence-electron chi connectivity index (χ1n) is 27.4. The number of carbonyl (C=O) groups excluding carboxylic acids is 1. The third kappa shape index (κ3) is 15.7. The number of carboxylic acid groups (broad SMARTS) is 1. The number of aromatic carboxylic acids is 1. The highest BCUT2D eigenvalue weighted by Crippen LogP contribution is 2.41. The maximum Gasteiger partial charge on any atom is 0.341 e. The summed E-state index contributed by atoms with van der Waals surface area (Å²) in [7, 11) is 8.75. The average molecular weight is 1090 g/mol. The topological polar surface area (TPSA) is 247 Å². The van der Waals surface area contributed by atoms with Gasteiger partial charge in [0, 0.05) is 76.5 Å². The largest absolute Gasteiger partial charge is 0.477 e. The summed E-state index contributed by atoms with van der Waals surface area (Å²) in [6, 6.07) is 4.43. The lowest BCUT2D eigenvalue weighted by Crippen LogP contribution is -2.61. The molecule has 438 valence electrons. The van der Waals surface area contributed by atoms with Crippen LogP contribution in [0.5, 0.6) is 0 Å². The first-order valence-corrected chi connectivity index (χ1v) is 27.4. The quantitative estimate of drug-likeness (QED) is 0.0945. The molecule has 3 aliphatic heterocycles. The minimum atomic E-state index is -1.84. The summed E-state index contributed by atoms with van der Waals surface area (Å²) in [6.07, 6.45) is -2.54. The number of aliphatic hydroxyl groups excluding tert-OH is 2. The van der Waals surface area contributed by atoms with Gasteiger partial charge in [0.2, 0.25) is 5.43 Å². The molecular weight excluding hydrogens is 999 g/mol. The van der Waals surface area contributed by atoms with Crippen LogP contribution in [0, 0.1) is 17.8 Å². The molecule has 5 rings (SSSR count). The Hall–Kier alpha value is -3.45. The highest BCUT2D eigenvalue weighted by molar-refractivity contribution is 5.93. The molecule has 20 nitrogen and oxygen atoms in total. The number of methoxy groups -OCH3 is 2. The monoisotopic (exact) mass is 1090 g/mol. The zero-order chi connectivity index (χ0) is 57.3. The van der Waals surface area contributed by atoms with Crippen LogP contribution in [0.4, 0.5) is 0 Å². The Kier molecular flexibility index (Phi) is 23.3. The Morgan fingerprint density at radius 1 is 0.948 bits per heavy atom. The van der Waals surface area contributed by atoms with Gasteiger partial charge in [0.25, 0.3) is 0 Å². The van der Waals surface area contributed by atoms with Crippen molar-refractivity contribution in [3.63, 3.8) is 0 Å². The zero-order valence-corrected chi connectivity index (χ0v) is 48.4. The summed E-state index contributed by atoms with van der Waals surface area (Å²) >= 11 is 0. The molecular formula is C57H93N3O17. The maximum atomic E-state index is 14.6. The smallest absolute Gasteiger partial charge is 0.341 e. The third-order valence-electron chi connectivity index (χ3n) is 16.3. The number of hydrogen-bond donors (Lipinski definition) is 5. The number of fused-ring (bicyclic) bond motifs is 1. The molecule has 3 fully saturated rings. The fourth-order valence-electron chi connectivity index (χ4n) is 11.8. The molecule has 18 atom stereocenters. The first-order chi connectivity index (χ1) is 36.1. The average Bonchev–Trinajstić information content (AvgIpc) is 3.36. The summed E-state index contributed by atoms with van der Waals surface area (Å²) in [4.78, 5) is 43.3. The molecule has 0 bridgehead atoms. The lowest BCUT2D eigenvalue weighted by Gasteiger charge is -2.49. The number of esters is 1. The Balaban J connectivity index is 1.33. The molecule has 3 aliphatic rings. The molecule has 1 aromatic heterocycles. The standard InChI is InChI=1S/C57H93N3O17/c1-16-44-57(10,68)49(63)37(6)59(13)31-33(2)29-55(8,67)50(77-54-47(62)43(58(11)12)27-34(3)73-54)35(4)48(36(5)53(66)75-44)76-45-30-56(9,70-15)51(38(7)74-45)72-25-18-24-71-23-17-19-39-20-21-42-40(28-39)46(61)41(52(64)65)32-60(42)22-26-69-14/h17,19-21,28,32-38,43-45,47-51,54,62-63,67-68H,16,18,22-27,29-31H2,1-15H3,(H,64,65)/t33-,34-,35+,36-,37-,38+,43+,44-,45+,47-,48+,49-,50-,51+,54+,55-,56-,57-/m1/s1. The fraction of sp³-hybridized carbons (Fsp3) is 0.772. The molecule has 4 heterocycles. The van der Waals surface area contributed by atoms with E-state index in [2.05, 4.69) is 0 Å². The van der Waals surface area contributed by atoms with E-state index < -0.39 is 107 Å². The number of cyclic esters (lactones) is 1. The number of benzene rings is 1. The second-order valence-electron chi connectivity index (χ2n) is 23.0. The predicted octanol–water partition coefficient (Wildman–Crippen LogP) is 4.70. The van der Waals surface area contributed by atoms with Crippen molar-refractivity contribution in [2.45, 2.75) is 198 Å². The van der Waals surface area contributed by atoms with Crippen molar-refractivity contribution in [1.82, 2.24) is 14.4 Å². The Labute approximate surface area is 455 Å². The maximum absolute atomic E-state index is 14.6. The van der Waals surface area contributed by atoms with Gasteiger partial charge >= 0.3 is 11.9 Å². The molecule has 0 spiro atoms. The van der Waals surface area contributed by atoms with Crippen LogP contribution in [0.2, 0.25) is 0 Å². The second kappa shape index (κ2) is 27.8. The van der Waals surface area contributed by atoms with Crippen molar-refractivity contribution in [1.29, 1.82) is 0 Å². The highest BCUT2D eigenvalue weighted by atomic mass is 16.7. The van der Waals surface area contributed by atoms with Crippen LogP contribution in [0.1, 0.15) is 117 Å². The van der Waals surface area contributed by atoms with E-state index in [4.69, 9.17) is 42.6 Å². The van der Waals surface area contributed by atoms with E-state index in [0.717, 1.165) is 0 Å². The lowest BCUT2D eigenvalue weighted by atomic mass is 9.77. The first kappa shape index (κ1) is 64.4. The second-order valence-corrected chi connectivity index (χ2v) is 23.0. The molecule has 0 unspecified atom stereocenters. The molecule has 3 saturated heterocycles. The summed E-state index contributed by atoms with van der Waals surface area (Å²) in [5.41, 5.74) is -3.94. The summed E-state index contributed by atoms with van der Waals surface area (Å²) in [5.74, 6) is -4.02. The normalized spacial score (nSPS) is 37.5. The van der Waals surface area contributed by atoms with Crippen LogP contribution in [0.15, 0.2) is 35.3 Å². The van der Waals surface area contributed by atoms with Gasteiger partial charge in [0.15, 0.2) is 12.6 Å². The number of pyridine rings is 1. The van der Waals surface area contributed by atoms with Gasteiger partial charge in [-0.2, -0.15) is 0 Å². The molecule has 5 N–H and O–H groups in total. The Morgan fingerprint density at radius 3 is 2.29 bits per heavy atom. The molecule has 0 saturated carbocycles. The molecule has 77 heavy (non-hydrogen) atoms. The number of rotatable bonds is 19. The highest BCUT2D eigenvalue weighted by Gasteiger charge is 2.53. The van der Waals surface area contributed by atoms with Gasteiger partial charge in [-0.1, -0.05) is 39.0 Å². The Morgan fingerprint density at radius 2 is 1.65 bits per heavy atom. The van der Waals surface area contributed by atoms with Crippen molar-refractivity contribution in [3.8, 4) is 0 Å². The van der Waals surface area contributed by atoms with Gasteiger partial charge in [-0.15, -0.1) is 0 Å². The molecule has 0 amide bonds. The van der Waals surface area contributed by atoms with Gasteiger partial charge in [0.1, 0.15) is 35.6 Å². The summed E-state index contributed by atoms with van der Waals surface area (Å²) in [5, 5.41) is 58.1. The van der Waals surface area contributed by atoms with Crippen molar-refractivity contribution >= 4 is 28.9 Å². The number of carboxylic acids is 1. The number of aliphatic hydroxyl groups is 4. The van der Waals surface area contributed by atoms with Crippen LogP contribution < -0.4 is 5.43 Å². The van der Waals surface area contributed by atoms with Crippen molar-refractivity contribution in [2.24, 2.45) is 17.8 Å². The minimum Gasteiger partial charge on any atom is -0.477 e. The van der Waals surface area contributed by atoms with E-state index in [0.29, 0.717) is 62.2 Å². The number of hydrogen-bond acceptors (Lipinski definition) is 18. The van der Waals surface area contributed by atoms with Crippen LogP contribution in [-0.2, 0) is 54.0 Å². The molecule has 0 radical (unpaired) electrons. The number of carbonyl (C=O) groups is 2. The minimum absolute atomic E-state index is 0.173. The molecule has 2 aromatic rings. The third-order valence-corrected chi connectivity index (χ3v) is 16.3. The van der Waals surface area contributed by atoms with Gasteiger partial charge in [0.05, 0.1) is 60.3 Å². The van der Waals surface area contributed by atoms with Gasteiger partial charge in [-0.25, -0.2) is 4.79 Å². The van der Waals surface area contributed by atoms with E-state index in [-0.39, 0.29) is 49.5 Å². The van der Waals surface area contributed by atoms with E-state index in [1.807, 2.05) is 83.8 Å². The summed E-state index contributed by atoms with van der Waals surface area (Å²) in [6.45, 7) is 20.0. The van der Waals surface area contributed by atoms with Gasteiger partial charge < -0.3 is 82.5 Å². The van der Waals surface area contributed by atoms with E-state index >= 15 is 0 Å². The SMILES string of the molecule is CC[C@H]1OC(=O)[C@H](C)[C@@H](O[C@H]2C[C@@](C)(OC)[C@@H](OCCCOCC=Cc3ccc4c(c3)c(=O)c(C(=O)O)cn4CCOC)[C@H](C)O2)[C@H](C)[C@@H](O[C@@H]2O[C@H](C)C[C@H](N(C)C)[C@H]2O)[C@](C)(O)C[C@@H](C)CN(C)[C@H](C)[C@@H](O)[C@]1(C)O. The van der Waals surface area contributed by atoms with Gasteiger partial charge in [-0.3, -0.25) is 9.59 Å². The van der Waals surface area contributed by atoms with E-state index in [1.165, 1.54) is 13.1 Å². The van der Waals surface area contributed by atoms with Crippen LogP contribution >= 0.6 is 0 Å². The summed E-state index contributed by atoms with van der Waals surface area (Å²) < 4.78 is 58.3. The van der Waals surface area contributed by atoms with Crippen LogP contribution in [-0.4, -0.2) is 210 Å². The number of ether oxygens (including phenoxy) is 9.